The van der Waals surface area contributed by atoms with Gasteiger partial charge in [-0.25, -0.2) is 9.78 Å². The fraction of sp³-hybridized carbons (Fsp3) is 0.500. The van der Waals surface area contributed by atoms with Crippen molar-refractivity contribution in [1.82, 2.24) is 14.8 Å². The summed E-state index contributed by atoms with van der Waals surface area (Å²) in [6.45, 7) is 7.36. The molecule has 2 atom stereocenters. The van der Waals surface area contributed by atoms with Gasteiger partial charge in [-0.05, 0) is 47.7 Å². The van der Waals surface area contributed by atoms with E-state index in [-0.39, 0.29) is 25.8 Å². The van der Waals surface area contributed by atoms with Crippen LogP contribution in [-0.2, 0) is 20.6 Å². The molecule has 2 aromatic rings. The van der Waals surface area contributed by atoms with E-state index >= 15 is 0 Å². The van der Waals surface area contributed by atoms with E-state index in [0.717, 1.165) is 0 Å². The number of nitrogens with two attached hydrogens (primary N) is 1. The van der Waals surface area contributed by atoms with Crippen LogP contribution in [0.3, 0.4) is 0 Å². The number of hydrogen-bond donors (Lipinski definition) is 1. The third-order valence-corrected chi connectivity index (χ3v) is 6.78. The number of carbonyl (C=O) groups excluding carboxylic acids is 2. The average molecular weight is 513 g/mol. The Balaban J connectivity index is 0.000000711. The molecule has 0 saturated carbocycles. The Morgan fingerprint density at radius 3 is 2.44 bits per heavy atom. The van der Waals surface area contributed by atoms with Crippen molar-refractivity contribution in [2.45, 2.75) is 31.2 Å². The molecule has 2 aliphatic rings. The number of nitrogen functional groups attached to an aromatic ring is 1. The topological polar surface area (TPSA) is 132 Å². The van der Waals surface area contributed by atoms with Crippen LogP contribution in [0.1, 0.15) is 23.1 Å². The largest absolute Gasteiger partial charge is 0.768 e. The van der Waals surface area contributed by atoms with E-state index in [4.69, 9.17) is 10.5 Å². The van der Waals surface area contributed by atoms with E-state index in [0.29, 0.717) is 62.5 Å². The zero-order chi connectivity index (χ0) is 24.7. The first-order chi connectivity index (χ1) is 16.3. The van der Waals surface area contributed by atoms with Crippen LogP contribution in [0.25, 0.3) is 0 Å². The Hall–Kier alpha value is -2.54. The van der Waals surface area contributed by atoms with Crippen LogP contribution in [0.2, 0.25) is 0 Å². The monoisotopic (exact) mass is 512 g/mol. The molecule has 1 aromatic heterocycles. The number of piperazine rings is 1. The van der Waals surface area contributed by atoms with Gasteiger partial charge in [0, 0.05) is 57.7 Å². The second kappa shape index (κ2) is 12.2. The standard InChI is InChI=1S/C19H27N3O5S.C3H4N2S.2H2/c1-14(2)13-27-19(24)21-11-9-20(10-12-21)17-7-8-22(18(17)23)15-3-5-16(6-4-15)28(25)26;4-3-5-1-2-6-3;;/h3-6,14,17H,7-13H2,1-2H3,(H,25,26);1-2H,(H2,4,5);2*1H/p-1/t17-;;;/m0.../s1. The summed E-state index contributed by atoms with van der Waals surface area (Å²) >= 11 is -0.830. The number of ether oxygens (including phenoxy) is 1. The van der Waals surface area contributed by atoms with Gasteiger partial charge in [0.2, 0.25) is 5.91 Å². The van der Waals surface area contributed by atoms with Crippen LogP contribution in [-0.4, -0.2) is 80.9 Å². The van der Waals surface area contributed by atoms with Gasteiger partial charge in [-0.3, -0.25) is 13.9 Å². The number of anilines is 2. The predicted molar refractivity (Wildman–Crippen MR) is 134 cm³/mol. The van der Waals surface area contributed by atoms with Gasteiger partial charge >= 0.3 is 6.09 Å². The summed E-state index contributed by atoms with van der Waals surface area (Å²) in [6.07, 6.45) is 2.11. The number of rotatable bonds is 5. The maximum atomic E-state index is 12.9. The minimum atomic E-state index is -2.27. The lowest BCUT2D eigenvalue weighted by atomic mass is 10.2. The van der Waals surface area contributed by atoms with Gasteiger partial charge in [-0.2, -0.15) is 0 Å². The van der Waals surface area contributed by atoms with Crippen molar-refractivity contribution in [2.24, 2.45) is 5.92 Å². The number of amides is 2. The first-order valence-electron chi connectivity index (χ1n) is 11.1. The summed E-state index contributed by atoms with van der Waals surface area (Å²) in [4.78, 5) is 34.4. The summed E-state index contributed by atoms with van der Waals surface area (Å²) in [7, 11) is 0. The van der Waals surface area contributed by atoms with E-state index in [2.05, 4.69) is 9.88 Å². The molecule has 1 aromatic carbocycles. The van der Waals surface area contributed by atoms with Gasteiger partial charge in [-0.15, -0.1) is 11.3 Å². The van der Waals surface area contributed by atoms with Gasteiger partial charge in [0.1, 0.15) is 0 Å². The van der Waals surface area contributed by atoms with Crippen molar-refractivity contribution in [3.05, 3.63) is 35.8 Å². The van der Waals surface area contributed by atoms with Crippen molar-refractivity contribution in [3.63, 3.8) is 0 Å². The van der Waals surface area contributed by atoms with E-state index in [1.807, 2.05) is 19.2 Å². The molecule has 0 spiro atoms. The number of nitrogens with zero attached hydrogens (tertiary/aromatic N) is 4. The maximum Gasteiger partial charge on any atom is 0.409 e. The number of thiazole rings is 1. The van der Waals surface area contributed by atoms with Crippen LogP contribution in [0.5, 0.6) is 0 Å². The Morgan fingerprint density at radius 1 is 1.26 bits per heavy atom. The maximum absolute atomic E-state index is 12.9. The molecule has 12 heteroatoms. The number of carbonyl (C=O) groups is 2. The Labute approximate surface area is 208 Å². The third-order valence-electron chi connectivity index (χ3n) is 5.52. The van der Waals surface area contributed by atoms with Crippen molar-refractivity contribution < 1.29 is 25.9 Å². The fourth-order valence-electron chi connectivity index (χ4n) is 3.78. The molecular formula is C22H34N5O5S2-. The highest BCUT2D eigenvalue weighted by atomic mass is 32.2. The number of aromatic nitrogens is 1. The summed E-state index contributed by atoms with van der Waals surface area (Å²) in [5.41, 5.74) is 5.89. The Kier molecular flexibility index (Phi) is 9.39. The molecule has 0 aliphatic carbocycles. The van der Waals surface area contributed by atoms with Crippen molar-refractivity contribution >= 4 is 45.2 Å². The van der Waals surface area contributed by atoms with Gasteiger partial charge < -0.3 is 24.8 Å². The van der Waals surface area contributed by atoms with Crippen LogP contribution in [0.15, 0.2) is 40.7 Å². The molecule has 2 saturated heterocycles. The molecule has 2 amide bonds. The van der Waals surface area contributed by atoms with Crippen molar-refractivity contribution in [1.29, 1.82) is 0 Å². The van der Waals surface area contributed by atoms with Gasteiger partial charge in [0.25, 0.3) is 0 Å². The highest BCUT2D eigenvalue weighted by Crippen LogP contribution is 2.26. The van der Waals surface area contributed by atoms with Crippen LogP contribution in [0, 0.1) is 5.92 Å². The summed E-state index contributed by atoms with van der Waals surface area (Å²) in [5, 5.41) is 2.48. The smallest absolute Gasteiger partial charge is 0.409 e. The zero-order valence-electron chi connectivity index (χ0n) is 19.3. The van der Waals surface area contributed by atoms with Crippen LogP contribution >= 0.6 is 11.3 Å². The van der Waals surface area contributed by atoms with Gasteiger partial charge in [-0.1, -0.05) is 13.8 Å². The highest BCUT2D eigenvalue weighted by molar-refractivity contribution is 7.79. The molecular weight excluding hydrogens is 478 g/mol. The molecule has 4 rings (SSSR count). The normalized spacial score (nSPS) is 19.6. The molecule has 1 unspecified atom stereocenters. The summed E-state index contributed by atoms with van der Waals surface area (Å²) < 4.78 is 27.2. The lowest BCUT2D eigenvalue weighted by Gasteiger charge is -2.36. The van der Waals surface area contributed by atoms with E-state index in [1.54, 1.807) is 28.1 Å². The first-order valence-corrected chi connectivity index (χ1v) is 13.0. The molecule has 0 radical (unpaired) electrons. The second-order valence-electron chi connectivity index (χ2n) is 8.39. The zero-order valence-corrected chi connectivity index (χ0v) is 20.9. The molecule has 2 N–H and O–H groups in total. The Bertz CT molecular complexity index is 974. The number of hydrogen-bond acceptors (Lipinski definition) is 9. The molecule has 3 heterocycles. The summed E-state index contributed by atoms with van der Waals surface area (Å²) in [6, 6.07) is 6.12. The van der Waals surface area contributed by atoms with Gasteiger partial charge in [0.05, 0.1) is 12.6 Å². The minimum Gasteiger partial charge on any atom is -0.768 e. The SMILES string of the molecule is CC(C)COC(=O)N1CCN([C@H]2CCN(c3ccc(S(=O)[O-])cc3)C2=O)CC1.Nc1nccs1.[HH].[HH]. The molecule has 190 valence electrons. The van der Waals surface area contributed by atoms with E-state index in [9.17, 15) is 18.4 Å². The van der Waals surface area contributed by atoms with Crippen molar-refractivity contribution in [3.8, 4) is 0 Å². The minimum absolute atomic E-state index is 0. The fourth-order valence-corrected chi connectivity index (χ4v) is 4.52. The second-order valence-corrected chi connectivity index (χ2v) is 10.3. The van der Waals surface area contributed by atoms with Crippen LogP contribution < -0.4 is 10.6 Å². The lowest BCUT2D eigenvalue weighted by molar-refractivity contribution is -0.122. The lowest BCUT2D eigenvalue weighted by Crippen LogP contribution is -2.54. The molecule has 2 aliphatic heterocycles. The first kappa shape index (κ1) is 26.1. The molecule has 34 heavy (non-hydrogen) atoms. The van der Waals surface area contributed by atoms with E-state index < -0.39 is 11.1 Å². The number of benzene rings is 1. The third kappa shape index (κ3) is 6.98. The summed E-state index contributed by atoms with van der Waals surface area (Å²) in [5.74, 6) is 0.321. The highest BCUT2D eigenvalue weighted by Gasteiger charge is 2.38. The van der Waals surface area contributed by atoms with Gasteiger partial charge in [0.15, 0.2) is 5.13 Å². The average Bonchev–Trinajstić information content (AvgIpc) is 3.46. The predicted octanol–water partition coefficient (Wildman–Crippen LogP) is 2.66. The molecule has 10 nitrogen and oxygen atoms in total. The molecule has 2 fully saturated rings. The molecule has 0 bridgehead atoms. The Morgan fingerprint density at radius 2 is 1.94 bits per heavy atom. The van der Waals surface area contributed by atoms with E-state index in [1.165, 1.54) is 23.5 Å². The van der Waals surface area contributed by atoms with Crippen molar-refractivity contribution in [2.75, 3.05) is 50.0 Å². The quantitative estimate of drug-likeness (QED) is 0.605. The van der Waals surface area contributed by atoms with Crippen LogP contribution in [0.4, 0.5) is 15.6 Å².